The van der Waals surface area contributed by atoms with Crippen molar-refractivity contribution in [3.63, 3.8) is 0 Å². The third kappa shape index (κ3) is 3.40. The second-order valence-electron chi connectivity index (χ2n) is 4.03. The average Bonchev–Trinajstić information content (AvgIpc) is 2.78. The summed E-state index contributed by atoms with van der Waals surface area (Å²) in [5.74, 6) is 0. The van der Waals surface area contributed by atoms with E-state index in [1.165, 1.54) is 11.3 Å². The van der Waals surface area contributed by atoms with Crippen LogP contribution >= 0.6 is 43.2 Å². The Morgan fingerprint density at radius 1 is 1.35 bits per heavy atom. The van der Waals surface area contributed by atoms with Crippen molar-refractivity contribution in [2.24, 2.45) is 0 Å². The fourth-order valence-electron chi connectivity index (χ4n) is 1.63. The number of anilines is 1. The maximum atomic E-state index is 12.5. The van der Waals surface area contributed by atoms with Crippen LogP contribution in [0.15, 0.2) is 37.6 Å². The van der Waals surface area contributed by atoms with Gasteiger partial charge < -0.3 is 5.73 Å². The second-order valence-corrected chi connectivity index (χ2v) is 8.31. The fourth-order valence-corrected chi connectivity index (χ4v) is 6.17. The highest BCUT2D eigenvalue weighted by Crippen LogP contribution is 2.33. The highest BCUT2D eigenvalue weighted by atomic mass is 79.9. The van der Waals surface area contributed by atoms with Crippen LogP contribution in [0, 0.1) is 0 Å². The van der Waals surface area contributed by atoms with E-state index in [2.05, 4.69) is 41.6 Å². The molecule has 20 heavy (non-hydrogen) atoms. The summed E-state index contributed by atoms with van der Waals surface area (Å²) in [5.41, 5.74) is 6.13. The van der Waals surface area contributed by atoms with Gasteiger partial charge in [0.1, 0.15) is 9.90 Å². The molecule has 0 radical (unpaired) electrons. The number of halogens is 2. The molecule has 0 spiro atoms. The van der Waals surface area contributed by atoms with Gasteiger partial charge in [-0.1, -0.05) is 0 Å². The van der Waals surface area contributed by atoms with Gasteiger partial charge in [-0.05, 0) is 50.9 Å². The minimum absolute atomic E-state index is 0.120. The summed E-state index contributed by atoms with van der Waals surface area (Å²) < 4.78 is 28.3. The number of sulfonamides is 1. The summed E-state index contributed by atoms with van der Waals surface area (Å²) >= 11 is 7.86. The molecule has 0 fully saturated rings. The summed E-state index contributed by atoms with van der Waals surface area (Å²) in [6, 6.07) is 2.69. The lowest BCUT2D eigenvalue weighted by Gasteiger charge is -2.14. The van der Waals surface area contributed by atoms with Crippen LogP contribution in [0.1, 0.15) is 18.0 Å². The smallest absolute Gasteiger partial charge is 0.243 e. The molecule has 1 unspecified atom stereocenters. The minimum atomic E-state index is -3.70. The van der Waals surface area contributed by atoms with E-state index in [0.717, 1.165) is 0 Å². The van der Waals surface area contributed by atoms with Crippen molar-refractivity contribution in [1.29, 1.82) is 0 Å². The average molecular weight is 441 g/mol. The van der Waals surface area contributed by atoms with E-state index < -0.39 is 16.1 Å². The lowest BCUT2D eigenvalue weighted by atomic mass is 10.3. The van der Waals surface area contributed by atoms with Gasteiger partial charge in [0.15, 0.2) is 0 Å². The number of hydrogen-bond acceptors (Lipinski definition) is 5. The van der Waals surface area contributed by atoms with Crippen molar-refractivity contribution in [3.05, 3.63) is 37.7 Å². The van der Waals surface area contributed by atoms with Gasteiger partial charge in [-0.3, -0.25) is 0 Å². The number of nitrogens with two attached hydrogens (primary N) is 1. The largest absolute Gasteiger partial charge is 0.399 e. The summed E-state index contributed by atoms with van der Waals surface area (Å²) in [6.45, 7) is 1.75. The molecular formula is C11H11Br2N3O2S2. The molecule has 0 aliphatic heterocycles. The van der Waals surface area contributed by atoms with Crippen molar-refractivity contribution in [1.82, 2.24) is 9.71 Å². The molecule has 0 amide bonds. The molecule has 1 heterocycles. The number of aromatic nitrogens is 1. The van der Waals surface area contributed by atoms with Crippen LogP contribution in [0.4, 0.5) is 5.69 Å². The molecule has 5 nitrogen and oxygen atoms in total. The maximum Gasteiger partial charge on any atom is 0.243 e. The van der Waals surface area contributed by atoms with Crippen LogP contribution < -0.4 is 10.5 Å². The normalized spacial score (nSPS) is 13.3. The summed E-state index contributed by atoms with van der Waals surface area (Å²) in [7, 11) is -3.70. The van der Waals surface area contributed by atoms with E-state index in [1.54, 1.807) is 30.6 Å². The van der Waals surface area contributed by atoms with Gasteiger partial charge in [0.25, 0.3) is 0 Å². The predicted octanol–water partition coefficient (Wildman–Crippen LogP) is 3.29. The molecule has 0 bridgehead atoms. The van der Waals surface area contributed by atoms with Gasteiger partial charge in [0.05, 0.1) is 6.04 Å². The Morgan fingerprint density at radius 2 is 1.95 bits per heavy atom. The standard InChI is InChI=1S/C11H11Br2N3O2S2/c1-6(11-15-2-3-19-11)16-20(17,18)10-8(12)4-7(14)5-9(10)13/h2-6,16H,14H2,1H3. The van der Waals surface area contributed by atoms with Crippen LogP contribution in [0.3, 0.4) is 0 Å². The summed E-state index contributed by atoms with van der Waals surface area (Å²) in [5, 5.41) is 2.51. The molecule has 0 saturated heterocycles. The zero-order chi connectivity index (χ0) is 14.9. The molecule has 0 saturated carbocycles. The first-order chi connectivity index (χ1) is 9.31. The molecule has 1 aromatic heterocycles. The van der Waals surface area contributed by atoms with E-state index in [4.69, 9.17) is 5.73 Å². The van der Waals surface area contributed by atoms with Crippen LogP contribution in [0.25, 0.3) is 0 Å². The molecule has 1 aromatic carbocycles. The number of hydrogen-bond donors (Lipinski definition) is 2. The molecule has 0 aliphatic carbocycles. The first-order valence-corrected chi connectivity index (χ1v) is 9.42. The van der Waals surface area contributed by atoms with Crippen LogP contribution in [0.2, 0.25) is 0 Å². The Morgan fingerprint density at radius 3 is 2.45 bits per heavy atom. The van der Waals surface area contributed by atoms with E-state index in [-0.39, 0.29) is 4.90 Å². The summed E-state index contributed by atoms with van der Waals surface area (Å²) in [6.07, 6.45) is 1.64. The predicted molar refractivity (Wildman–Crippen MR) is 87.1 cm³/mol. The van der Waals surface area contributed by atoms with E-state index in [1.807, 2.05) is 0 Å². The Labute approximate surface area is 137 Å². The first kappa shape index (κ1) is 15.9. The van der Waals surface area contributed by atoms with Gasteiger partial charge in [-0.25, -0.2) is 18.1 Å². The molecule has 9 heteroatoms. The Kier molecular flexibility index (Phi) is 4.85. The fraction of sp³-hybridized carbons (Fsp3) is 0.182. The topological polar surface area (TPSA) is 85.1 Å². The van der Waals surface area contributed by atoms with E-state index in [9.17, 15) is 8.42 Å². The molecule has 2 aromatic rings. The van der Waals surface area contributed by atoms with Crippen LogP contribution in [-0.2, 0) is 10.0 Å². The molecule has 1 atom stereocenters. The number of rotatable bonds is 4. The van der Waals surface area contributed by atoms with Crippen molar-refractivity contribution in [2.45, 2.75) is 17.9 Å². The zero-order valence-electron chi connectivity index (χ0n) is 10.3. The third-order valence-electron chi connectivity index (χ3n) is 2.44. The molecule has 3 N–H and O–H groups in total. The molecular weight excluding hydrogens is 430 g/mol. The van der Waals surface area contributed by atoms with Gasteiger partial charge in [-0.15, -0.1) is 11.3 Å². The van der Waals surface area contributed by atoms with Crippen molar-refractivity contribution in [2.75, 3.05) is 5.73 Å². The monoisotopic (exact) mass is 439 g/mol. The second kappa shape index (κ2) is 6.10. The molecule has 2 rings (SSSR count). The lowest BCUT2D eigenvalue weighted by Crippen LogP contribution is -2.27. The molecule has 108 valence electrons. The van der Waals surface area contributed by atoms with Crippen molar-refractivity contribution >= 4 is 58.9 Å². The SMILES string of the molecule is CC(NS(=O)(=O)c1c(Br)cc(N)cc1Br)c1nccs1. The maximum absolute atomic E-state index is 12.5. The van der Waals surface area contributed by atoms with Gasteiger partial charge in [0, 0.05) is 26.2 Å². The Balaban J connectivity index is 2.37. The highest BCUT2D eigenvalue weighted by molar-refractivity contribution is 9.11. The number of thiazole rings is 1. The Bertz CT molecular complexity index is 694. The molecule has 0 aliphatic rings. The van der Waals surface area contributed by atoms with Crippen molar-refractivity contribution in [3.8, 4) is 0 Å². The quantitative estimate of drug-likeness (QED) is 0.714. The van der Waals surface area contributed by atoms with Crippen LogP contribution in [-0.4, -0.2) is 13.4 Å². The minimum Gasteiger partial charge on any atom is -0.399 e. The first-order valence-electron chi connectivity index (χ1n) is 5.47. The number of nitrogens with zero attached hydrogens (tertiary/aromatic N) is 1. The Hall–Kier alpha value is -0.480. The lowest BCUT2D eigenvalue weighted by molar-refractivity contribution is 0.565. The van der Waals surface area contributed by atoms with Crippen LogP contribution in [0.5, 0.6) is 0 Å². The van der Waals surface area contributed by atoms with Crippen molar-refractivity contribution < 1.29 is 8.42 Å². The third-order valence-corrected chi connectivity index (χ3v) is 6.82. The van der Waals surface area contributed by atoms with Gasteiger partial charge >= 0.3 is 0 Å². The highest BCUT2D eigenvalue weighted by Gasteiger charge is 2.25. The number of benzene rings is 1. The van der Waals surface area contributed by atoms with E-state index in [0.29, 0.717) is 19.6 Å². The van der Waals surface area contributed by atoms with Gasteiger partial charge in [0.2, 0.25) is 10.0 Å². The number of nitrogen functional groups attached to an aromatic ring is 1. The van der Waals surface area contributed by atoms with E-state index >= 15 is 0 Å². The number of nitrogens with one attached hydrogen (secondary N) is 1. The summed E-state index contributed by atoms with van der Waals surface area (Å²) in [4.78, 5) is 4.22. The van der Waals surface area contributed by atoms with Gasteiger partial charge in [-0.2, -0.15) is 0 Å². The zero-order valence-corrected chi connectivity index (χ0v) is 15.1.